The van der Waals surface area contributed by atoms with Crippen molar-refractivity contribution in [2.24, 2.45) is 11.8 Å². The van der Waals surface area contributed by atoms with Crippen LogP contribution in [0.5, 0.6) is 0 Å². The fourth-order valence-corrected chi connectivity index (χ4v) is 5.25. The van der Waals surface area contributed by atoms with Gasteiger partial charge in [0.25, 0.3) is 0 Å². The SMILES string of the molecule is CC(C)C1CCCCC1NC1CCSc2ccc(Cl)cc21. The summed E-state index contributed by atoms with van der Waals surface area (Å²) < 4.78 is 0. The van der Waals surface area contributed by atoms with E-state index in [1.165, 1.54) is 48.3 Å². The van der Waals surface area contributed by atoms with Crippen molar-refractivity contribution in [3.8, 4) is 0 Å². The van der Waals surface area contributed by atoms with E-state index in [-0.39, 0.29) is 0 Å². The van der Waals surface area contributed by atoms with Gasteiger partial charge in [0.05, 0.1) is 0 Å². The van der Waals surface area contributed by atoms with E-state index < -0.39 is 0 Å². The first kappa shape index (κ1) is 15.7. The van der Waals surface area contributed by atoms with E-state index in [9.17, 15) is 0 Å². The maximum absolute atomic E-state index is 6.23. The van der Waals surface area contributed by atoms with Gasteiger partial charge in [-0.3, -0.25) is 0 Å². The average Bonchev–Trinajstić information content (AvgIpc) is 2.48. The lowest BCUT2D eigenvalue weighted by Gasteiger charge is -2.39. The first-order valence-corrected chi connectivity index (χ1v) is 9.70. The molecule has 3 atom stereocenters. The van der Waals surface area contributed by atoms with E-state index in [0.29, 0.717) is 12.1 Å². The van der Waals surface area contributed by atoms with Gasteiger partial charge in [-0.25, -0.2) is 0 Å². The molecular weight excluding hydrogens is 298 g/mol. The summed E-state index contributed by atoms with van der Waals surface area (Å²) in [6, 6.07) is 7.56. The molecular formula is C18H26ClNS. The average molecular weight is 324 g/mol. The van der Waals surface area contributed by atoms with E-state index in [4.69, 9.17) is 11.6 Å². The molecule has 0 radical (unpaired) electrons. The lowest BCUT2D eigenvalue weighted by molar-refractivity contribution is 0.190. The summed E-state index contributed by atoms with van der Waals surface area (Å²) in [5, 5.41) is 4.87. The largest absolute Gasteiger partial charge is 0.307 e. The van der Waals surface area contributed by atoms with Crippen LogP contribution in [0.3, 0.4) is 0 Å². The Balaban J connectivity index is 1.77. The van der Waals surface area contributed by atoms with E-state index in [0.717, 1.165) is 16.9 Å². The number of hydrogen-bond acceptors (Lipinski definition) is 2. The third-order valence-electron chi connectivity index (χ3n) is 5.10. The van der Waals surface area contributed by atoms with Gasteiger partial charge in [-0.1, -0.05) is 38.3 Å². The van der Waals surface area contributed by atoms with Gasteiger partial charge in [0.15, 0.2) is 0 Å². The second-order valence-corrected chi connectivity index (χ2v) is 8.41. The maximum Gasteiger partial charge on any atom is 0.0410 e. The van der Waals surface area contributed by atoms with E-state index in [1.54, 1.807) is 0 Å². The Bertz CT molecular complexity index is 488. The molecule has 1 aromatic carbocycles. The molecule has 1 saturated carbocycles. The molecule has 0 saturated heterocycles. The molecule has 1 nitrogen and oxygen atoms in total. The van der Waals surface area contributed by atoms with Gasteiger partial charge in [0.1, 0.15) is 0 Å². The fourth-order valence-electron chi connectivity index (χ4n) is 3.96. The summed E-state index contributed by atoms with van der Waals surface area (Å²) in [5.41, 5.74) is 1.42. The zero-order chi connectivity index (χ0) is 14.8. The van der Waals surface area contributed by atoms with Gasteiger partial charge in [-0.2, -0.15) is 0 Å². The van der Waals surface area contributed by atoms with Crippen LogP contribution in [-0.2, 0) is 0 Å². The van der Waals surface area contributed by atoms with Gasteiger partial charge < -0.3 is 5.32 Å². The predicted octanol–water partition coefficient (Wildman–Crippen LogP) is 5.68. The van der Waals surface area contributed by atoms with Gasteiger partial charge in [-0.15, -0.1) is 11.8 Å². The Morgan fingerprint density at radius 2 is 2.00 bits per heavy atom. The highest BCUT2D eigenvalue weighted by molar-refractivity contribution is 7.99. The topological polar surface area (TPSA) is 12.0 Å². The number of nitrogens with one attached hydrogen (secondary N) is 1. The van der Waals surface area contributed by atoms with Crippen LogP contribution in [0.15, 0.2) is 23.1 Å². The predicted molar refractivity (Wildman–Crippen MR) is 93.3 cm³/mol. The molecule has 1 heterocycles. The van der Waals surface area contributed by atoms with Crippen molar-refractivity contribution in [3.05, 3.63) is 28.8 Å². The van der Waals surface area contributed by atoms with Crippen LogP contribution in [0.4, 0.5) is 0 Å². The van der Waals surface area contributed by atoms with Crippen molar-refractivity contribution in [2.45, 2.75) is 62.9 Å². The maximum atomic E-state index is 6.23. The highest BCUT2D eigenvalue weighted by atomic mass is 35.5. The first-order chi connectivity index (χ1) is 10.1. The fraction of sp³-hybridized carbons (Fsp3) is 0.667. The van der Waals surface area contributed by atoms with Crippen LogP contribution in [-0.4, -0.2) is 11.8 Å². The van der Waals surface area contributed by atoms with E-state index >= 15 is 0 Å². The molecule has 1 N–H and O–H groups in total. The zero-order valence-corrected chi connectivity index (χ0v) is 14.6. The molecule has 0 spiro atoms. The highest BCUT2D eigenvalue weighted by Crippen LogP contribution is 2.39. The normalized spacial score (nSPS) is 29.4. The number of rotatable bonds is 3. The van der Waals surface area contributed by atoms with Crippen LogP contribution >= 0.6 is 23.4 Å². The first-order valence-electron chi connectivity index (χ1n) is 8.33. The van der Waals surface area contributed by atoms with Crippen LogP contribution in [0.25, 0.3) is 0 Å². The smallest absolute Gasteiger partial charge is 0.0410 e. The Hall–Kier alpha value is -0.180. The molecule has 116 valence electrons. The third kappa shape index (κ3) is 3.60. The van der Waals surface area contributed by atoms with E-state index in [1.807, 2.05) is 17.8 Å². The molecule has 0 amide bonds. The van der Waals surface area contributed by atoms with Crippen molar-refractivity contribution in [1.82, 2.24) is 5.32 Å². The lowest BCUT2D eigenvalue weighted by atomic mass is 9.77. The van der Waals surface area contributed by atoms with Crippen molar-refractivity contribution in [3.63, 3.8) is 0 Å². The van der Waals surface area contributed by atoms with Crippen LogP contribution < -0.4 is 5.32 Å². The van der Waals surface area contributed by atoms with Gasteiger partial charge >= 0.3 is 0 Å². The standard InChI is InChI=1S/C18H26ClNS/c1-12(2)14-5-3-4-6-16(14)20-17-9-10-21-18-8-7-13(19)11-15(17)18/h7-8,11-12,14,16-17,20H,3-6,9-10H2,1-2H3. The van der Waals surface area contributed by atoms with Crippen molar-refractivity contribution < 1.29 is 0 Å². The Kier molecular flexibility index (Phi) is 5.19. The van der Waals surface area contributed by atoms with Gasteiger partial charge in [0.2, 0.25) is 0 Å². The van der Waals surface area contributed by atoms with Crippen LogP contribution in [0, 0.1) is 11.8 Å². The number of hydrogen-bond donors (Lipinski definition) is 1. The molecule has 1 aliphatic carbocycles. The van der Waals surface area contributed by atoms with Crippen molar-refractivity contribution >= 4 is 23.4 Å². The molecule has 2 aliphatic rings. The summed E-state index contributed by atoms with van der Waals surface area (Å²) in [7, 11) is 0. The quantitative estimate of drug-likeness (QED) is 0.767. The van der Waals surface area contributed by atoms with E-state index in [2.05, 4.69) is 31.3 Å². The van der Waals surface area contributed by atoms with Crippen molar-refractivity contribution in [2.75, 3.05) is 5.75 Å². The molecule has 1 aromatic rings. The minimum atomic E-state index is 0.490. The Morgan fingerprint density at radius 3 is 2.81 bits per heavy atom. The van der Waals surface area contributed by atoms with Crippen LogP contribution in [0.1, 0.15) is 57.6 Å². The molecule has 3 rings (SSSR count). The summed E-state index contributed by atoms with van der Waals surface area (Å²) in [6.45, 7) is 4.76. The molecule has 0 bridgehead atoms. The molecule has 1 aliphatic heterocycles. The second-order valence-electron chi connectivity index (χ2n) is 6.84. The number of thioether (sulfide) groups is 1. The summed E-state index contributed by atoms with van der Waals surface area (Å²) in [4.78, 5) is 1.42. The van der Waals surface area contributed by atoms with Gasteiger partial charge in [0, 0.05) is 22.0 Å². The monoisotopic (exact) mass is 323 g/mol. The minimum absolute atomic E-state index is 0.490. The minimum Gasteiger partial charge on any atom is -0.307 e. The Labute approximate surface area is 138 Å². The summed E-state index contributed by atoms with van der Waals surface area (Å²) >= 11 is 8.20. The second kappa shape index (κ2) is 6.93. The lowest BCUT2D eigenvalue weighted by Crippen LogP contribution is -2.43. The summed E-state index contributed by atoms with van der Waals surface area (Å²) in [5.74, 6) is 2.82. The molecule has 3 heteroatoms. The highest BCUT2D eigenvalue weighted by Gasteiger charge is 2.31. The summed E-state index contributed by atoms with van der Waals surface area (Å²) in [6.07, 6.45) is 6.73. The van der Waals surface area contributed by atoms with Crippen molar-refractivity contribution in [1.29, 1.82) is 0 Å². The number of halogens is 1. The molecule has 1 fully saturated rings. The molecule has 21 heavy (non-hydrogen) atoms. The third-order valence-corrected chi connectivity index (χ3v) is 6.46. The number of benzene rings is 1. The van der Waals surface area contributed by atoms with Gasteiger partial charge in [-0.05, 0) is 60.6 Å². The molecule has 3 unspecified atom stereocenters. The molecule has 0 aromatic heterocycles. The number of fused-ring (bicyclic) bond motifs is 1. The zero-order valence-electron chi connectivity index (χ0n) is 13.1. The Morgan fingerprint density at radius 1 is 1.19 bits per heavy atom. The van der Waals surface area contributed by atoms with Crippen LogP contribution in [0.2, 0.25) is 5.02 Å².